The molecule has 0 saturated carbocycles. The number of nitrogens with two attached hydrogens (primary N) is 1. The maximum absolute atomic E-state index is 12.8. The summed E-state index contributed by atoms with van der Waals surface area (Å²) in [6, 6.07) is -0.868. The fourth-order valence-corrected chi connectivity index (χ4v) is 6.00. The number of amides is 1. The molecule has 0 fully saturated rings. The maximum Gasteiger partial charge on any atom is 0.326 e. The van der Waals surface area contributed by atoms with E-state index in [1.165, 1.54) is 38.5 Å². The smallest absolute Gasteiger partial charge is 0.326 e. The third-order valence-electron chi connectivity index (χ3n) is 9.26. The molecular weight excluding hydrogens is 673 g/mol. The Morgan fingerprint density at radius 2 is 1.06 bits per heavy atom. The SMILES string of the molecule is CC/C=C\C/C=C\C/C=C\C/C=C\CCC(CCCCCCCC(=O)NC(CCCN)C(=O)O)OC(=O)CCCCCCC/C=C\C/C=C\CCCCC. The summed E-state index contributed by atoms with van der Waals surface area (Å²) in [7, 11) is 0. The molecule has 0 aliphatic heterocycles. The normalized spacial score (nSPS) is 13.4. The van der Waals surface area contributed by atoms with Gasteiger partial charge in [-0.1, -0.05) is 138 Å². The van der Waals surface area contributed by atoms with Gasteiger partial charge in [0.2, 0.25) is 5.91 Å². The number of aliphatic carboxylic acids is 1. The first-order valence-corrected chi connectivity index (χ1v) is 21.8. The van der Waals surface area contributed by atoms with Gasteiger partial charge in [0, 0.05) is 12.8 Å². The Hall–Kier alpha value is -3.19. The molecule has 2 atom stereocenters. The molecule has 0 aromatic carbocycles. The van der Waals surface area contributed by atoms with Crippen LogP contribution in [-0.4, -0.2) is 41.6 Å². The van der Waals surface area contributed by atoms with Crippen LogP contribution in [0.15, 0.2) is 72.9 Å². The van der Waals surface area contributed by atoms with Crippen LogP contribution in [0.4, 0.5) is 0 Å². The third-order valence-corrected chi connectivity index (χ3v) is 9.26. The van der Waals surface area contributed by atoms with Gasteiger partial charge in [-0.25, -0.2) is 4.79 Å². The summed E-state index contributed by atoms with van der Waals surface area (Å²) in [6.45, 7) is 4.79. The standard InChI is InChI=1S/C47H80N2O5/c1-3-5-7-9-11-13-15-17-18-20-22-24-26-31-35-41-46(51)54-43(37-32-28-25-23-21-19-16-14-12-10-8-6-4-2)38-33-29-27-30-34-40-45(50)49-44(47(52)53)39-36-42-48/h6,8,11-14,17-19,21,25,28,43-44H,3-5,7,9-10,15-16,20,22-24,26-27,29-42,48H2,1-2H3,(H,49,50)(H,52,53)/b8-6-,13-11-,14-12-,18-17-,21-19-,28-25-. The summed E-state index contributed by atoms with van der Waals surface area (Å²) in [5.74, 6) is -1.31. The van der Waals surface area contributed by atoms with Crippen LogP contribution in [0.3, 0.4) is 0 Å². The molecule has 54 heavy (non-hydrogen) atoms. The molecule has 0 radical (unpaired) electrons. The highest BCUT2D eigenvalue weighted by Crippen LogP contribution is 2.17. The van der Waals surface area contributed by atoms with Crippen LogP contribution in [-0.2, 0) is 19.1 Å². The second-order valence-corrected chi connectivity index (χ2v) is 14.4. The number of esters is 1. The zero-order chi connectivity index (χ0) is 39.6. The van der Waals surface area contributed by atoms with Gasteiger partial charge >= 0.3 is 11.9 Å². The fourth-order valence-electron chi connectivity index (χ4n) is 6.00. The van der Waals surface area contributed by atoms with Crippen LogP contribution in [0, 0.1) is 0 Å². The number of hydrogen-bond acceptors (Lipinski definition) is 5. The first kappa shape index (κ1) is 50.8. The molecule has 0 saturated heterocycles. The van der Waals surface area contributed by atoms with E-state index in [2.05, 4.69) is 92.1 Å². The summed E-state index contributed by atoms with van der Waals surface area (Å²) in [5, 5.41) is 11.9. The fraction of sp³-hybridized carbons (Fsp3) is 0.681. The van der Waals surface area contributed by atoms with Crippen LogP contribution in [0.25, 0.3) is 0 Å². The Kier molecular flexibility index (Phi) is 38.6. The van der Waals surface area contributed by atoms with Crippen molar-refractivity contribution < 1.29 is 24.2 Å². The lowest BCUT2D eigenvalue weighted by Crippen LogP contribution is -2.40. The van der Waals surface area contributed by atoms with Crippen LogP contribution in [0.2, 0.25) is 0 Å². The highest BCUT2D eigenvalue weighted by molar-refractivity contribution is 5.83. The Balaban J connectivity index is 4.48. The molecule has 7 nitrogen and oxygen atoms in total. The quantitative estimate of drug-likeness (QED) is 0.0328. The number of carboxylic acid groups (broad SMARTS) is 1. The van der Waals surface area contributed by atoms with E-state index in [1.807, 2.05) is 0 Å². The Labute approximate surface area is 331 Å². The number of unbranched alkanes of at least 4 members (excludes halogenated alkanes) is 12. The van der Waals surface area contributed by atoms with Crippen molar-refractivity contribution in [3.63, 3.8) is 0 Å². The van der Waals surface area contributed by atoms with E-state index in [4.69, 9.17) is 10.5 Å². The summed E-state index contributed by atoms with van der Waals surface area (Å²) in [5.41, 5.74) is 5.48. The van der Waals surface area contributed by atoms with Gasteiger partial charge in [-0.05, 0) is 116 Å². The largest absolute Gasteiger partial charge is 0.480 e. The predicted octanol–water partition coefficient (Wildman–Crippen LogP) is 12.3. The number of carboxylic acids is 1. The highest BCUT2D eigenvalue weighted by Gasteiger charge is 2.19. The minimum Gasteiger partial charge on any atom is -0.480 e. The van der Waals surface area contributed by atoms with E-state index in [1.54, 1.807) is 0 Å². The van der Waals surface area contributed by atoms with Gasteiger partial charge in [-0.15, -0.1) is 0 Å². The number of rotatable bonds is 38. The number of nitrogens with one attached hydrogen (secondary N) is 1. The summed E-state index contributed by atoms with van der Waals surface area (Å²) >= 11 is 0. The van der Waals surface area contributed by atoms with Gasteiger partial charge in [0.05, 0.1) is 0 Å². The summed E-state index contributed by atoms with van der Waals surface area (Å²) in [4.78, 5) is 36.4. The number of carbonyl (C=O) groups excluding carboxylic acids is 2. The van der Waals surface area contributed by atoms with Crippen molar-refractivity contribution in [2.24, 2.45) is 5.73 Å². The second kappa shape index (κ2) is 41.0. The maximum atomic E-state index is 12.8. The van der Waals surface area contributed by atoms with Gasteiger partial charge in [-0.3, -0.25) is 9.59 Å². The minimum atomic E-state index is -1.01. The Morgan fingerprint density at radius 1 is 0.556 bits per heavy atom. The monoisotopic (exact) mass is 753 g/mol. The lowest BCUT2D eigenvalue weighted by atomic mass is 10.0. The van der Waals surface area contributed by atoms with Crippen LogP contribution in [0.1, 0.15) is 187 Å². The molecule has 0 aromatic rings. The van der Waals surface area contributed by atoms with E-state index >= 15 is 0 Å². The van der Waals surface area contributed by atoms with Gasteiger partial charge < -0.3 is 20.9 Å². The zero-order valence-corrected chi connectivity index (χ0v) is 34.5. The average molecular weight is 753 g/mol. The van der Waals surface area contributed by atoms with Gasteiger partial charge in [0.1, 0.15) is 12.1 Å². The molecular formula is C47H80N2O5. The first-order chi connectivity index (χ1) is 26.4. The van der Waals surface area contributed by atoms with Crippen molar-refractivity contribution in [1.82, 2.24) is 5.32 Å². The van der Waals surface area contributed by atoms with Crippen molar-refractivity contribution in [3.05, 3.63) is 72.9 Å². The molecule has 0 aliphatic carbocycles. The molecule has 0 spiro atoms. The van der Waals surface area contributed by atoms with Crippen molar-refractivity contribution in [1.29, 1.82) is 0 Å². The molecule has 1 amide bonds. The van der Waals surface area contributed by atoms with Crippen LogP contribution in [0.5, 0.6) is 0 Å². The van der Waals surface area contributed by atoms with Crippen molar-refractivity contribution in [2.75, 3.05) is 6.54 Å². The number of carbonyl (C=O) groups is 3. The van der Waals surface area contributed by atoms with Crippen molar-refractivity contribution in [3.8, 4) is 0 Å². The second-order valence-electron chi connectivity index (χ2n) is 14.4. The lowest BCUT2D eigenvalue weighted by Gasteiger charge is -2.17. The van der Waals surface area contributed by atoms with Gasteiger partial charge in [0.15, 0.2) is 0 Å². The average Bonchev–Trinajstić information content (AvgIpc) is 3.16. The molecule has 2 unspecified atom stereocenters. The molecule has 0 aromatic heterocycles. The van der Waals surface area contributed by atoms with E-state index in [9.17, 15) is 19.5 Å². The Morgan fingerprint density at radius 3 is 1.63 bits per heavy atom. The number of hydrogen-bond donors (Lipinski definition) is 3. The van der Waals surface area contributed by atoms with Crippen LogP contribution < -0.4 is 11.1 Å². The molecule has 0 rings (SSSR count). The van der Waals surface area contributed by atoms with E-state index in [0.29, 0.717) is 32.2 Å². The Bertz CT molecular complexity index is 1070. The lowest BCUT2D eigenvalue weighted by molar-refractivity contribution is -0.150. The number of allylic oxidation sites excluding steroid dienone is 12. The summed E-state index contributed by atoms with van der Waals surface area (Å²) in [6.07, 6.45) is 52.3. The molecule has 0 heterocycles. The van der Waals surface area contributed by atoms with E-state index in [-0.39, 0.29) is 18.0 Å². The van der Waals surface area contributed by atoms with E-state index in [0.717, 1.165) is 109 Å². The first-order valence-electron chi connectivity index (χ1n) is 21.8. The molecule has 0 bridgehead atoms. The van der Waals surface area contributed by atoms with Crippen molar-refractivity contribution >= 4 is 17.8 Å². The van der Waals surface area contributed by atoms with Gasteiger partial charge in [-0.2, -0.15) is 0 Å². The number of ether oxygens (including phenoxy) is 1. The topological polar surface area (TPSA) is 119 Å². The van der Waals surface area contributed by atoms with E-state index < -0.39 is 12.0 Å². The molecule has 4 N–H and O–H groups in total. The molecule has 0 aliphatic rings. The van der Waals surface area contributed by atoms with Crippen LogP contribution >= 0.6 is 0 Å². The predicted molar refractivity (Wildman–Crippen MR) is 229 cm³/mol. The van der Waals surface area contributed by atoms with Crippen molar-refractivity contribution in [2.45, 2.75) is 199 Å². The zero-order valence-electron chi connectivity index (χ0n) is 34.5. The molecule has 7 heteroatoms. The summed E-state index contributed by atoms with van der Waals surface area (Å²) < 4.78 is 6.00. The third kappa shape index (κ3) is 37.1. The minimum absolute atomic E-state index is 0.0742. The molecule has 308 valence electrons. The van der Waals surface area contributed by atoms with Gasteiger partial charge in [0.25, 0.3) is 0 Å². The highest BCUT2D eigenvalue weighted by atomic mass is 16.5.